The summed E-state index contributed by atoms with van der Waals surface area (Å²) in [4.78, 5) is 6.97. The maximum Gasteiger partial charge on any atom is 0.0673 e. The lowest BCUT2D eigenvalue weighted by atomic mass is 10.2. The van der Waals surface area contributed by atoms with Gasteiger partial charge in [-0.15, -0.1) is 0 Å². The Morgan fingerprint density at radius 3 is 2.48 bits per heavy atom. The molecule has 2 aromatic rings. The number of halogens is 1. The van der Waals surface area contributed by atoms with E-state index in [1.54, 1.807) is 0 Å². The summed E-state index contributed by atoms with van der Waals surface area (Å²) in [5, 5.41) is 0.758. The van der Waals surface area contributed by atoms with Crippen molar-refractivity contribution in [1.82, 2.24) is 0 Å². The zero-order chi connectivity index (χ0) is 14.7. The zero-order valence-corrected chi connectivity index (χ0v) is 13.0. The summed E-state index contributed by atoms with van der Waals surface area (Å²) < 4.78 is 0. The number of aliphatic imine (C=N–C) groups is 1. The third-order valence-corrected chi connectivity index (χ3v) is 4.37. The highest BCUT2D eigenvalue weighted by Gasteiger charge is 2.11. The summed E-state index contributed by atoms with van der Waals surface area (Å²) in [6.45, 7) is 4.34. The minimum Gasteiger partial charge on any atom is -0.372 e. The van der Waals surface area contributed by atoms with E-state index in [1.165, 1.54) is 31.6 Å². The second-order valence-electron chi connectivity index (χ2n) is 5.43. The van der Waals surface area contributed by atoms with E-state index < -0.39 is 0 Å². The first-order chi connectivity index (χ1) is 10.2. The molecule has 0 unspecified atom stereocenters. The molecule has 0 atom stereocenters. The van der Waals surface area contributed by atoms with Gasteiger partial charge in [0.2, 0.25) is 0 Å². The molecule has 0 N–H and O–H groups in total. The van der Waals surface area contributed by atoms with Gasteiger partial charge in [0.25, 0.3) is 0 Å². The average molecular weight is 299 g/mol. The average Bonchev–Trinajstić information content (AvgIpc) is 3.04. The highest BCUT2D eigenvalue weighted by atomic mass is 35.5. The Labute approximate surface area is 131 Å². The number of anilines is 1. The fourth-order valence-electron chi connectivity index (χ4n) is 2.63. The molecular weight excluding hydrogens is 280 g/mol. The van der Waals surface area contributed by atoms with Crippen molar-refractivity contribution in [2.75, 3.05) is 18.0 Å². The molecule has 0 spiro atoms. The molecule has 108 valence electrons. The number of hydrogen-bond donors (Lipinski definition) is 0. The van der Waals surface area contributed by atoms with Gasteiger partial charge in [-0.2, -0.15) is 0 Å². The van der Waals surface area contributed by atoms with Gasteiger partial charge in [0.1, 0.15) is 0 Å². The second-order valence-corrected chi connectivity index (χ2v) is 5.84. The lowest BCUT2D eigenvalue weighted by molar-refractivity contribution is 0.949. The molecule has 0 saturated carbocycles. The van der Waals surface area contributed by atoms with E-state index in [0.29, 0.717) is 0 Å². The topological polar surface area (TPSA) is 15.6 Å². The first kappa shape index (κ1) is 14.2. The number of rotatable bonds is 3. The molecule has 2 nitrogen and oxygen atoms in total. The van der Waals surface area contributed by atoms with Crippen LogP contribution in [0.25, 0.3) is 0 Å². The maximum absolute atomic E-state index is 6.11. The zero-order valence-electron chi connectivity index (χ0n) is 12.2. The van der Waals surface area contributed by atoms with E-state index in [4.69, 9.17) is 11.6 Å². The molecule has 0 aromatic heterocycles. The lowest BCUT2D eigenvalue weighted by Crippen LogP contribution is -2.17. The molecule has 0 aliphatic carbocycles. The predicted octanol–water partition coefficient (Wildman–Crippen LogP) is 5.00. The van der Waals surface area contributed by atoms with Gasteiger partial charge in [0.05, 0.1) is 5.69 Å². The van der Waals surface area contributed by atoms with Crippen LogP contribution in [0.1, 0.15) is 24.0 Å². The van der Waals surface area contributed by atoms with Crippen molar-refractivity contribution in [1.29, 1.82) is 0 Å². The van der Waals surface area contributed by atoms with Crippen molar-refractivity contribution in [2.45, 2.75) is 19.8 Å². The van der Waals surface area contributed by atoms with Gasteiger partial charge in [-0.3, -0.25) is 4.99 Å². The Balaban J connectivity index is 1.75. The van der Waals surface area contributed by atoms with Crippen LogP contribution in [-0.4, -0.2) is 19.3 Å². The second kappa shape index (κ2) is 6.31. The molecule has 2 aromatic carbocycles. The van der Waals surface area contributed by atoms with Crippen LogP contribution in [0.5, 0.6) is 0 Å². The lowest BCUT2D eigenvalue weighted by Gasteiger charge is -2.17. The Morgan fingerprint density at radius 1 is 1.05 bits per heavy atom. The third kappa shape index (κ3) is 3.27. The SMILES string of the molecule is Cc1c(Cl)cccc1N=Cc1ccc(N2CCCC2)cc1. The molecule has 0 bridgehead atoms. The van der Waals surface area contributed by atoms with E-state index >= 15 is 0 Å². The Morgan fingerprint density at radius 2 is 1.76 bits per heavy atom. The molecule has 3 heteroatoms. The summed E-state index contributed by atoms with van der Waals surface area (Å²) in [5.41, 5.74) is 4.36. The van der Waals surface area contributed by atoms with Gasteiger partial charge in [-0.25, -0.2) is 0 Å². The quantitative estimate of drug-likeness (QED) is 0.728. The van der Waals surface area contributed by atoms with Crippen LogP contribution in [0.4, 0.5) is 11.4 Å². The van der Waals surface area contributed by atoms with Gasteiger partial charge >= 0.3 is 0 Å². The first-order valence-electron chi connectivity index (χ1n) is 7.38. The molecule has 1 fully saturated rings. The predicted molar refractivity (Wildman–Crippen MR) is 91.3 cm³/mol. The molecule has 21 heavy (non-hydrogen) atoms. The minimum atomic E-state index is 0.758. The Bertz CT molecular complexity index is 641. The van der Waals surface area contributed by atoms with Crippen molar-refractivity contribution >= 4 is 29.2 Å². The van der Waals surface area contributed by atoms with E-state index in [9.17, 15) is 0 Å². The first-order valence-corrected chi connectivity index (χ1v) is 7.76. The fraction of sp³-hybridized carbons (Fsp3) is 0.278. The fourth-order valence-corrected chi connectivity index (χ4v) is 2.80. The van der Waals surface area contributed by atoms with Crippen molar-refractivity contribution in [2.24, 2.45) is 4.99 Å². The monoisotopic (exact) mass is 298 g/mol. The number of hydrogen-bond acceptors (Lipinski definition) is 2. The summed E-state index contributed by atoms with van der Waals surface area (Å²) in [6, 6.07) is 14.4. The normalized spacial score (nSPS) is 15.0. The van der Waals surface area contributed by atoms with Gasteiger partial charge in [-0.1, -0.05) is 29.8 Å². The summed E-state index contributed by atoms with van der Waals surface area (Å²) in [6.07, 6.45) is 4.50. The molecular formula is C18H19ClN2. The third-order valence-electron chi connectivity index (χ3n) is 3.96. The van der Waals surface area contributed by atoms with Gasteiger partial charge in [0.15, 0.2) is 0 Å². The van der Waals surface area contributed by atoms with E-state index in [1.807, 2.05) is 31.3 Å². The summed E-state index contributed by atoms with van der Waals surface area (Å²) >= 11 is 6.11. The van der Waals surface area contributed by atoms with E-state index in [2.05, 4.69) is 34.2 Å². The smallest absolute Gasteiger partial charge is 0.0673 e. The number of benzene rings is 2. The van der Waals surface area contributed by atoms with Crippen LogP contribution in [0.15, 0.2) is 47.5 Å². The van der Waals surface area contributed by atoms with Crippen LogP contribution in [0, 0.1) is 6.92 Å². The van der Waals surface area contributed by atoms with Gasteiger partial charge < -0.3 is 4.90 Å². The van der Waals surface area contributed by atoms with Crippen LogP contribution >= 0.6 is 11.6 Å². The largest absolute Gasteiger partial charge is 0.372 e. The minimum absolute atomic E-state index is 0.758. The van der Waals surface area contributed by atoms with Crippen molar-refractivity contribution in [3.8, 4) is 0 Å². The van der Waals surface area contributed by atoms with Gasteiger partial charge in [0, 0.05) is 30.0 Å². The molecule has 3 rings (SSSR count). The Hall–Kier alpha value is -1.80. The molecule has 0 radical (unpaired) electrons. The summed E-state index contributed by atoms with van der Waals surface area (Å²) in [7, 11) is 0. The Kier molecular flexibility index (Phi) is 4.26. The molecule has 0 amide bonds. The highest BCUT2D eigenvalue weighted by Crippen LogP contribution is 2.25. The molecule has 1 saturated heterocycles. The van der Waals surface area contributed by atoms with E-state index in [-0.39, 0.29) is 0 Å². The molecule has 1 aliphatic rings. The van der Waals surface area contributed by atoms with Gasteiger partial charge in [-0.05, 0) is 55.2 Å². The highest BCUT2D eigenvalue weighted by molar-refractivity contribution is 6.31. The van der Waals surface area contributed by atoms with E-state index in [0.717, 1.165) is 21.8 Å². The van der Waals surface area contributed by atoms with Crippen molar-refractivity contribution < 1.29 is 0 Å². The van der Waals surface area contributed by atoms with Crippen LogP contribution < -0.4 is 4.90 Å². The van der Waals surface area contributed by atoms with Crippen LogP contribution in [-0.2, 0) is 0 Å². The van der Waals surface area contributed by atoms with Crippen molar-refractivity contribution in [3.05, 3.63) is 58.6 Å². The van der Waals surface area contributed by atoms with Crippen molar-refractivity contribution in [3.63, 3.8) is 0 Å². The summed E-state index contributed by atoms with van der Waals surface area (Å²) in [5.74, 6) is 0. The van der Waals surface area contributed by atoms with Crippen LogP contribution in [0.3, 0.4) is 0 Å². The van der Waals surface area contributed by atoms with Crippen LogP contribution in [0.2, 0.25) is 5.02 Å². The maximum atomic E-state index is 6.11. The number of nitrogens with zero attached hydrogens (tertiary/aromatic N) is 2. The molecule has 1 aliphatic heterocycles. The molecule has 1 heterocycles. The standard InChI is InChI=1S/C18H19ClN2/c1-14-17(19)5-4-6-18(14)20-13-15-7-9-16(10-8-15)21-11-2-3-12-21/h4-10,13H,2-3,11-12H2,1H3.